The van der Waals surface area contributed by atoms with Crippen molar-refractivity contribution in [2.24, 2.45) is 0 Å². The molecule has 0 aromatic heterocycles. The molecule has 5 heteroatoms. The quantitative estimate of drug-likeness (QED) is 0.832. The van der Waals surface area contributed by atoms with E-state index in [0.717, 1.165) is 11.1 Å². The molecular weight excluding hydrogens is 268 g/mol. The van der Waals surface area contributed by atoms with Crippen molar-refractivity contribution in [1.29, 1.82) is 0 Å². The summed E-state index contributed by atoms with van der Waals surface area (Å²) in [5.74, 6) is -0.290. The van der Waals surface area contributed by atoms with Gasteiger partial charge in [0.1, 0.15) is 0 Å². The minimum Gasteiger partial charge on any atom is -0.394 e. The lowest BCUT2D eigenvalue weighted by Crippen LogP contribution is -2.39. The molecule has 1 aromatic rings. The molecule has 2 unspecified atom stereocenters. The van der Waals surface area contributed by atoms with E-state index in [2.05, 4.69) is 5.32 Å². The number of benzene rings is 1. The lowest BCUT2D eigenvalue weighted by Gasteiger charge is -2.26. The molecule has 5 nitrogen and oxygen atoms in total. The van der Waals surface area contributed by atoms with Gasteiger partial charge in [0.25, 0.3) is 0 Å². The molecule has 2 atom stereocenters. The summed E-state index contributed by atoms with van der Waals surface area (Å²) >= 11 is 0. The highest BCUT2D eigenvalue weighted by molar-refractivity contribution is 5.79. The zero-order valence-electron chi connectivity index (χ0n) is 13.1. The number of carbonyl (C=O) groups is 2. The van der Waals surface area contributed by atoms with Gasteiger partial charge in [-0.3, -0.25) is 9.59 Å². The summed E-state index contributed by atoms with van der Waals surface area (Å²) in [6, 6.07) is 7.14. The molecule has 1 aromatic carbocycles. The number of aliphatic hydroxyl groups excluding tert-OH is 1. The standard InChI is InChI=1S/C16H24N2O3/c1-11-5-7-14(8-6-11)15(17-13(3)20)9-16(21)18(4)12(2)10-19/h5-8,12,15,19H,9-10H2,1-4H3,(H,17,20). The second-order valence-electron chi connectivity index (χ2n) is 5.40. The number of hydrogen-bond acceptors (Lipinski definition) is 3. The van der Waals surface area contributed by atoms with Gasteiger partial charge in [-0.05, 0) is 19.4 Å². The number of aliphatic hydroxyl groups is 1. The van der Waals surface area contributed by atoms with E-state index in [-0.39, 0.29) is 36.9 Å². The number of nitrogens with one attached hydrogen (secondary N) is 1. The van der Waals surface area contributed by atoms with Crippen LogP contribution >= 0.6 is 0 Å². The average Bonchev–Trinajstić information content (AvgIpc) is 2.45. The molecule has 0 spiro atoms. The monoisotopic (exact) mass is 292 g/mol. The van der Waals surface area contributed by atoms with Gasteiger partial charge in [0.2, 0.25) is 11.8 Å². The third kappa shape index (κ3) is 5.19. The van der Waals surface area contributed by atoms with E-state index in [1.807, 2.05) is 31.2 Å². The Morgan fingerprint density at radius 1 is 1.29 bits per heavy atom. The van der Waals surface area contributed by atoms with Crippen molar-refractivity contribution in [2.45, 2.75) is 39.3 Å². The molecule has 0 bridgehead atoms. The van der Waals surface area contributed by atoms with Crippen LogP contribution in [-0.4, -0.2) is 41.5 Å². The lowest BCUT2D eigenvalue weighted by molar-refractivity contribution is -0.133. The molecule has 2 amide bonds. The first kappa shape index (κ1) is 17.2. The van der Waals surface area contributed by atoms with Gasteiger partial charge in [0.15, 0.2) is 0 Å². The lowest BCUT2D eigenvalue weighted by atomic mass is 10.0. The van der Waals surface area contributed by atoms with Crippen LogP contribution in [0.15, 0.2) is 24.3 Å². The Morgan fingerprint density at radius 2 is 1.86 bits per heavy atom. The molecule has 0 aliphatic heterocycles. The van der Waals surface area contributed by atoms with E-state index in [0.29, 0.717) is 0 Å². The summed E-state index contributed by atoms with van der Waals surface area (Å²) in [4.78, 5) is 25.1. The van der Waals surface area contributed by atoms with Crippen molar-refractivity contribution in [3.63, 3.8) is 0 Å². The first-order chi connectivity index (χ1) is 9.85. The molecule has 0 heterocycles. The summed E-state index contributed by atoms with van der Waals surface area (Å²) in [6.07, 6.45) is 0.170. The highest BCUT2D eigenvalue weighted by Crippen LogP contribution is 2.19. The van der Waals surface area contributed by atoms with Crippen molar-refractivity contribution < 1.29 is 14.7 Å². The van der Waals surface area contributed by atoms with Crippen LogP contribution in [0.25, 0.3) is 0 Å². The molecule has 1 rings (SSSR count). The van der Waals surface area contributed by atoms with E-state index in [4.69, 9.17) is 5.11 Å². The van der Waals surface area contributed by atoms with E-state index in [1.165, 1.54) is 11.8 Å². The third-order valence-electron chi connectivity index (χ3n) is 3.55. The normalized spacial score (nSPS) is 13.4. The SMILES string of the molecule is CC(=O)NC(CC(=O)N(C)C(C)CO)c1ccc(C)cc1. The predicted molar refractivity (Wildman–Crippen MR) is 81.7 cm³/mol. The third-order valence-corrected chi connectivity index (χ3v) is 3.55. The van der Waals surface area contributed by atoms with Crippen LogP contribution in [0, 0.1) is 6.92 Å². The maximum atomic E-state index is 12.2. The molecule has 116 valence electrons. The fourth-order valence-corrected chi connectivity index (χ4v) is 1.98. The Kier molecular flexibility index (Phi) is 6.37. The zero-order chi connectivity index (χ0) is 16.0. The van der Waals surface area contributed by atoms with Crippen molar-refractivity contribution in [3.8, 4) is 0 Å². The van der Waals surface area contributed by atoms with Crippen LogP contribution in [0.1, 0.15) is 37.4 Å². The van der Waals surface area contributed by atoms with Crippen LogP contribution in [0.4, 0.5) is 0 Å². The first-order valence-corrected chi connectivity index (χ1v) is 7.05. The molecule has 0 radical (unpaired) electrons. The second kappa shape index (κ2) is 7.78. The maximum absolute atomic E-state index is 12.2. The Labute approximate surface area is 126 Å². The van der Waals surface area contributed by atoms with Crippen LogP contribution in [0.3, 0.4) is 0 Å². The number of aryl methyl sites for hydroxylation is 1. The molecule has 0 saturated carbocycles. The van der Waals surface area contributed by atoms with Crippen LogP contribution in [0.5, 0.6) is 0 Å². The smallest absolute Gasteiger partial charge is 0.225 e. The van der Waals surface area contributed by atoms with Gasteiger partial charge in [0.05, 0.1) is 25.1 Å². The van der Waals surface area contributed by atoms with Crippen molar-refractivity contribution in [3.05, 3.63) is 35.4 Å². The fourth-order valence-electron chi connectivity index (χ4n) is 1.98. The van der Waals surface area contributed by atoms with Crippen molar-refractivity contribution in [1.82, 2.24) is 10.2 Å². The summed E-state index contributed by atoms with van der Waals surface area (Å²) < 4.78 is 0. The van der Waals surface area contributed by atoms with Gasteiger partial charge >= 0.3 is 0 Å². The number of rotatable bonds is 6. The molecule has 21 heavy (non-hydrogen) atoms. The second-order valence-corrected chi connectivity index (χ2v) is 5.40. The number of nitrogens with zero attached hydrogens (tertiary/aromatic N) is 1. The Bertz CT molecular complexity index is 485. The predicted octanol–water partition coefficient (Wildman–Crippen LogP) is 1.40. The molecule has 0 aliphatic carbocycles. The van der Waals surface area contributed by atoms with E-state index in [9.17, 15) is 9.59 Å². The van der Waals surface area contributed by atoms with Crippen LogP contribution in [-0.2, 0) is 9.59 Å². The molecule has 2 N–H and O–H groups in total. The number of hydrogen-bond donors (Lipinski definition) is 2. The van der Waals surface area contributed by atoms with Crippen molar-refractivity contribution in [2.75, 3.05) is 13.7 Å². The Morgan fingerprint density at radius 3 is 2.33 bits per heavy atom. The van der Waals surface area contributed by atoms with Crippen LogP contribution in [0.2, 0.25) is 0 Å². The van der Waals surface area contributed by atoms with Gasteiger partial charge in [-0.15, -0.1) is 0 Å². The average molecular weight is 292 g/mol. The summed E-state index contributed by atoms with van der Waals surface area (Å²) in [5.41, 5.74) is 2.02. The molecule has 0 aliphatic rings. The topological polar surface area (TPSA) is 69.6 Å². The van der Waals surface area contributed by atoms with Crippen LogP contribution < -0.4 is 5.32 Å². The Balaban J connectivity index is 2.86. The van der Waals surface area contributed by atoms with Gasteiger partial charge in [-0.25, -0.2) is 0 Å². The minimum atomic E-state index is -0.357. The highest BCUT2D eigenvalue weighted by atomic mass is 16.3. The highest BCUT2D eigenvalue weighted by Gasteiger charge is 2.21. The molecule has 0 saturated heterocycles. The van der Waals surface area contributed by atoms with Gasteiger partial charge < -0.3 is 15.3 Å². The largest absolute Gasteiger partial charge is 0.394 e. The number of amides is 2. The summed E-state index contributed by atoms with van der Waals surface area (Å²) in [5, 5.41) is 11.9. The minimum absolute atomic E-state index is 0.0857. The first-order valence-electron chi connectivity index (χ1n) is 7.05. The fraction of sp³-hybridized carbons (Fsp3) is 0.500. The van der Waals surface area contributed by atoms with E-state index in [1.54, 1.807) is 14.0 Å². The number of carbonyl (C=O) groups excluding carboxylic acids is 2. The van der Waals surface area contributed by atoms with Crippen molar-refractivity contribution >= 4 is 11.8 Å². The molecular formula is C16H24N2O3. The van der Waals surface area contributed by atoms with Gasteiger partial charge in [-0.1, -0.05) is 29.8 Å². The maximum Gasteiger partial charge on any atom is 0.225 e. The summed E-state index contributed by atoms with van der Waals surface area (Å²) in [6.45, 7) is 5.11. The zero-order valence-corrected chi connectivity index (χ0v) is 13.1. The number of likely N-dealkylation sites (N-methyl/N-ethyl adjacent to an activating group) is 1. The summed E-state index contributed by atoms with van der Waals surface area (Å²) in [7, 11) is 1.66. The van der Waals surface area contributed by atoms with E-state index >= 15 is 0 Å². The molecule has 0 fully saturated rings. The van der Waals surface area contributed by atoms with Gasteiger partial charge in [-0.2, -0.15) is 0 Å². The Hall–Kier alpha value is -1.88. The van der Waals surface area contributed by atoms with Gasteiger partial charge in [0, 0.05) is 14.0 Å². The van der Waals surface area contributed by atoms with E-state index < -0.39 is 0 Å².